The molecule has 2 aromatic carbocycles. The van der Waals surface area contributed by atoms with E-state index in [4.69, 9.17) is 0 Å². The van der Waals surface area contributed by atoms with Crippen molar-refractivity contribution in [3.05, 3.63) is 70.0 Å². The van der Waals surface area contributed by atoms with Crippen molar-refractivity contribution in [2.24, 2.45) is 0 Å². The number of hydrogen-bond acceptors (Lipinski definition) is 4. The molecule has 0 atom stereocenters. The normalized spacial score (nSPS) is 10.3. The van der Waals surface area contributed by atoms with Gasteiger partial charge in [-0.05, 0) is 30.3 Å². The average Bonchev–Trinajstić information content (AvgIpc) is 2.48. The van der Waals surface area contributed by atoms with Crippen LogP contribution in [0.2, 0.25) is 0 Å². The van der Waals surface area contributed by atoms with Crippen LogP contribution >= 0.6 is 11.8 Å². The van der Waals surface area contributed by atoms with Gasteiger partial charge in [-0.2, -0.15) is 0 Å². The number of carbonyl (C=O) groups excluding carboxylic acids is 1. The number of para-hydroxylation sites is 1. The van der Waals surface area contributed by atoms with E-state index >= 15 is 0 Å². The number of nitrogens with zero attached hydrogens (tertiary/aromatic N) is 1. The summed E-state index contributed by atoms with van der Waals surface area (Å²) >= 11 is 1.26. The van der Waals surface area contributed by atoms with Crippen LogP contribution in [0.5, 0.6) is 0 Å². The Morgan fingerprint density at radius 1 is 1.14 bits per heavy atom. The van der Waals surface area contributed by atoms with Crippen molar-refractivity contribution in [1.82, 2.24) is 0 Å². The van der Waals surface area contributed by atoms with Crippen molar-refractivity contribution < 1.29 is 14.1 Å². The third-order valence-electron chi connectivity index (χ3n) is 2.81. The molecule has 0 radical (unpaired) electrons. The third kappa shape index (κ3) is 4.13. The summed E-state index contributed by atoms with van der Waals surface area (Å²) < 4.78 is 12.8. The van der Waals surface area contributed by atoms with Crippen LogP contribution in [0.1, 0.15) is 16.8 Å². The Bertz CT molecular complexity index is 658. The predicted octanol–water partition coefficient (Wildman–Crippen LogP) is 4.10. The molecule has 0 saturated heterocycles. The molecule has 0 aliphatic heterocycles. The number of carbonyl (C=O) groups is 1. The van der Waals surface area contributed by atoms with E-state index in [2.05, 4.69) is 0 Å². The third-order valence-corrected chi connectivity index (χ3v) is 3.88. The van der Waals surface area contributed by atoms with E-state index in [0.29, 0.717) is 16.2 Å². The van der Waals surface area contributed by atoms with Crippen LogP contribution in [0.4, 0.5) is 10.1 Å². The van der Waals surface area contributed by atoms with Gasteiger partial charge in [-0.3, -0.25) is 14.9 Å². The standard InChI is InChI=1S/C15H12FNO3S/c16-12-7-5-11(6-8-12)14(18)9-10-21-15-4-2-1-3-13(15)17(19)20/h1-8H,9-10H2. The van der Waals surface area contributed by atoms with E-state index in [1.807, 2.05) is 0 Å². The molecule has 108 valence electrons. The van der Waals surface area contributed by atoms with Gasteiger partial charge in [0.25, 0.3) is 5.69 Å². The van der Waals surface area contributed by atoms with Crippen LogP contribution in [0, 0.1) is 15.9 Å². The Morgan fingerprint density at radius 2 is 1.81 bits per heavy atom. The minimum Gasteiger partial charge on any atom is -0.294 e. The van der Waals surface area contributed by atoms with Gasteiger partial charge in [0.1, 0.15) is 5.82 Å². The van der Waals surface area contributed by atoms with Crippen LogP contribution in [-0.4, -0.2) is 16.5 Å². The number of nitro benzene ring substituents is 1. The first kappa shape index (κ1) is 15.2. The predicted molar refractivity (Wildman–Crippen MR) is 79.2 cm³/mol. The van der Waals surface area contributed by atoms with Crippen molar-refractivity contribution >= 4 is 23.2 Å². The van der Waals surface area contributed by atoms with Gasteiger partial charge in [0.05, 0.1) is 9.82 Å². The van der Waals surface area contributed by atoms with Crippen LogP contribution in [0.25, 0.3) is 0 Å². The molecule has 4 nitrogen and oxygen atoms in total. The van der Waals surface area contributed by atoms with Gasteiger partial charge in [0.2, 0.25) is 0 Å². The topological polar surface area (TPSA) is 60.2 Å². The van der Waals surface area contributed by atoms with Gasteiger partial charge in [-0.15, -0.1) is 11.8 Å². The maximum absolute atomic E-state index is 12.8. The van der Waals surface area contributed by atoms with Crippen molar-refractivity contribution in [2.45, 2.75) is 11.3 Å². The summed E-state index contributed by atoms with van der Waals surface area (Å²) in [5.41, 5.74) is 0.483. The fraction of sp³-hybridized carbons (Fsp3) is 0.133. The number of Topliss-reactive ketones (excluding diaryl/α,β-unsaturated/α-hetero) is 1. The second-order valence-corrected chi connectivity index (χ2v) is 5.39. The summed E-state index contributed by atoms with van der Waals surface area (Å²) in [6, 6.07) is 11.8. The highest BCUT2D eigenvalue weighted by Gasteiger charge is 2.13. The molecule has 0 unspecified atom stereocenters. The molecule has 0 saturated carbocycles. The largest absolute Gasteiger partial charge is 0.294 e. The lowest BCUT2D eigenvalue weighted by molar-refractivity contribution is -0.387. The molecule has 0 amide bonds. The lowest BCUT2D eigenvalue weighted by atomic mass is 10.1. The van der Waals surface area contributed by atoms with Gasteiger partial charge >= 0.3 is 0 Å². The lowest BCUT2D eigenvalue weighted by Gasteiger charge is -2.03. The van der Waals surface area contributed by atoms with Crippen LogP contribution in [0.15, 0.2) is 53.4 Å². The number of halogens is 1. The molecule has 6 heteroatoms. The van der Waals surface area contributed by atoms with E-state index in [1.54, 1.807) is 18.2 Å². The molecule has 21 heavy (non-hydrogen) atoms. The summed E-state index contributed by atoms with van der Waals surface area (Å²) in [5, 5.41) is 10.9. The zero-order chi connectivity index (χ0) is 15.2. The summed E-state index contributed by atoms with van der Waals surface area (Å²) in [6.45, 7) is 0. The highest BCUT2D eigenvalue weighted by molar-refractivity contribution is 7.99. The van der Waals surface area contributed by atoms with E-state index in [1.165, 1.54) is 42.1 Å². The van der Waals surface area contributed by atoms with Gasteiger partial charge in [-0.25, -0.2) is 4.39 Å². The Labute approximate surface area is 125 Å². The molecule has 0 aliphatic carbocycles. The van der Waals surface area contributed by atoms with E-state index in [-0.39, 0.29) is 23.7 Å². The fourth-order valence-corrected chi connectivity index (χ4v) is 2.74. The molecule has 2 aromatic rings. The maximum atomic E-state index is 12.8. The van der Waals surface area contributed by atoms with Gasteiger partial charge < -0.3 is 0 Å². The Hall–Kier alpha value is -2.21. The first-order chi connectivity index (χ1) is 10.1. The summed E-state index contributed by atoms with van der Waals surface area (Å²) in [4.78, 5) is 22.9. The van der Waals surface area contributed by atoms with Crippen LogP contribution in [-0.2, 0) is 0 Å². The number of ketones is 1. The maximum Gasteiger partial charge on any atom is 0.282 e. The summed E-state index contributed by atoms with van der Waals surface area (Å²) in [7, 11) is 0. The molecule has 0 fully saturated rings. The molecule has 0 aromatic heterocycles. The second kappa shape index (κ2) is 6.99. The Balaban J connectivity index is 1.94. The van der Waals surface area contributed by atoms with Crippen molar-refractivity contribution in [2.75, 3.05) is 5.75 Å². The van der Waals surface area contributed by atoms with E-state index in [0.717, 1.165) is 0 Å². The quantitative estimate of drug-likeness (QED) is 0.349. The first-order valence-corrected chi connectivity index (χ1v) is 7.21. The lowest BCUT2D eigenvalue weighted by Crippen LogP contribution is -2.00. The van der Waals surface area contributed by atoms with Crippen LogP contribution < -0.4 is 0 Å². The minimum atomic E-state index is -0.440. The SMILES string of the molecule is O=C(CCSc1ccccc1[N+](=O)[O-])c1ccc(F)cc1. The van der Waals surface area contributed by atoms with Crippen molar-refractivity contribution in [3.8, 4) is 0 Å². The fourth-order valence-electron chi connectivity index (χ4n) is 1.76. The Morgan fingerprint density at radius 3 is 2.48 bits per heavy atom. The van der Waals surface area contributed by atoms with Gasteiger partial charge in [-0.1, -0.05) is 12.1 Å². The minimum absolute atomic E-state index is 0.0386. The number of hydrogen-bond donors (Lipinski definition) is 0. The molecular weight excluding hydrogens is 293 g/mol. The monoisotopic (exact) mass is 305 g/mol. The zero-order valence-corrected chi connectivity index (χ0v) is 11.8. The summed E-state index contributed by atoms with van der Waals surface area (Å²) in [6.07, 6.45) is 0.238. The summed E-state index contributed by atoms with van der Waals surface area (Å²) in [5.74, 6) is -0.0666. The molecule has 0 N–H and O–H groups in total. The molecular formula is C15H12FNO3S. The van der Waals surface area contributed by atoms with E-state index < -0.39 is 4.92 Å². The second-order valence-electron chi connectivity index (χ2n) is 4.25. The molecule has 0 spiro atoms. The van der Waals surface area contributed by atoms with Crippen LogP contribution in [0.3, 0.4) is 0 Å². The van der Waals surface area contributed by atoms with Gasteiger partial charge in [0, 0.05) is 23.8 Å². The van der Waals surface area contributed by atoms with E-state index in [9.17, 15) is 19.3 Å². The number of thioether (sulfide) groups is 1. The molecule has 0 aliphatic rings. The smallest absolute Gasteiger partial charge is 0.282 e. The molecule has 0 heterocycles. The number of rotatable bonds is 6. The number of benzene rings is 2. The highest BCUT2D eigenvalue weighted by Crippen LogP contribution is 2.29. The van der Waals surface area contributed by atoms with Crippen molar-refractivity contribution in [3.63, 3.8) is 0 Å². The highest BCUT2D eigenvalue weighted by atomic mass is 32.2. The Kier molecular flexibility index (Phi) is 5.05. The zero-order valence-electron chi connectivity index (χ0n) is 11.0. The number of nitro groups is 1. The first-order valence-electron chi connectivity index (χ1n) is 6.23. The van der Waals surface area contributed by atoms with Crippen molar-refractivity contribution in [1.29, 1.82) is 0 Å². The molecule has 2 rings (SSSR count). The molecule has 0 bridgehead atoms. The van der Waals surface area contributed by atoms with Gasteiger partial charge in [0.15, 0.2) is 5.78 Å². The average molecular weight is 305 g/mol.